The number of aromatic nitrogens is 3. The Balaban J connectivity index is 1.67. The lowest BCUT2D eigenvalue weighted by Gasteiger charge is -2.05. The summed E-state index contributed by atoms with van der Waals surface area (Å²) < 4.78 is 2.11. The van der Waals surface area contributed by atoms with E-state index >= 15 is 0 Å². The van der Waals surface area contributed by atoms with Gasteiger partial charge in [-0.15, -0.1) is 21.5 Å². The molecule has 3 nitrogen and oxygen atoms in total. The van der Waals surface area contributed by atoms with Gasteiger partial charge in [0.25, 0.3) is 0 Å². The molecule has 0 atom stereocenters. The maximum Gasteiger partial charge on any atom is 0.217 e. The minimum absolute atomic E-state index is 0.747. The Morgan fingerprint density at radius 3 is 2.64 bits per heavy atom. The first-order valence-corrected chi connectivity index (χ1v) is 10.2. The number of thiazole rings is 1. The molecule has 0 amide bonds. The van der Waals surface area contributed by atoms with Gasteiger partial charge in [-0.3, -0.25) is 4.40 Å². The first kappa shape index (κ1) is 16.9. The molecule has 2 aromatic heterocycles. The predicted octanol–water partition coefficient (Wildman–Crippen LogP) is 6.37. The summed E-state index contributed by atoms with van der Waals surface area (Å²) in [7, 11) is 0. The van der Waals surface area contributed by atoms with Gasteiger partial charge in [-0.2, -0.15) is 0 Å². The molecule has 0 saturated carbocycles. The largest absolute Gasteiger partial charge is 0.260 e. The number of hydrogen-bond donors (Lipinski definition) is 0. The zero-order valence-electron chi connectivity index (χ0n) is 13.2. The number of aryl methyl sites for hydroxylation is 1. The van der Waals surface area contributed by atoms with Crippen LogP contribution < -0.4 is 0 Å². The maximum atomic E-state index is 6.16. The molecule has 7 heteroatoms. The number of rotatable bonds is 4. The van der Waals surface area contributed by atoms with E-state index < -0.39 is 0 Å². The van der Waals surface area contributed by atoms with E-state index in [4.69, 9.17) is 23.2 Å². The lowest BCUT2D eigenvalue weighted by atomic mass is 10.1. The van der Waals surface area contributed by atoms with Crippen LogP contribution in [0.15, 0.2) is 53.0 Å². The fourth-order valence-corrected chi connectivity index (χ4v) is 4.56. The van der Waals surface area contributed by atoms with E-state index in [1.165, 1.54) is 5.56 Å². The number of nitrogens with zero attached hydrogens (tertiary/aromatic N) is 3. The second kappa shape index (κ2) is 7.00. The van der Waals surface area contributed by atoms with Gasteiger partial charge < -0.3 is 0 Å². The molecule has 0 aliphatic rings. The van der Waals surface area contributed by atoms with Gasteiger partial charge in [-0.05, 0) is 47.9 Å². The summed E-state index contributed by atoms with van der Waals surface area (Å²) in [6.07, 6.45) is 0. The van der Waals surface area contributed by atoms with Crippen molar-refractivity contribution in [2.75, 3.05) is 0 Å². The molecular weight excluding hydrogens is 393 g/mol. The van der Waals surface area contributed by atoms with Crippen LogP contribution in [0.3, 0.4) is 0 Å². The second-order valence-corrected chi connectivity index (χ2v) is 8.22. The molecule has 2 heterocycles. The van der Waals surface area contributed by atoms with Gasteiger partial charge in [0.1, 0.15) is 0 Å². The van der Waals surface area contributed by atoms with Crippen LogP contribution in [-0.2, 0) is 5.75 Å². The van der Waals surface area contributed by atoms with Gasteiger partial charge in [-0.1, -0.05) is 53.2 Å². The van der Waals surface area contributed by atoms with Crippen molar-refractivity contribution in [3.63, 3.8) is 0 Å². The summed E-state index contributed by atoms with van der Waals surface area (Å²) in [4.78, 5) is 0.890. The zero-order chi connectivity index (χ0) is 17.4. The third-order valence-corrected chi connectivity index (χ3v) is 6.35. The molecule has 0 fully saturated rings. The number of thioether (sulfide) groups is 1. The smallest absolute Gasteiger partial charge is 0.217 e. The summed E-state index contributed by atoms with van der Waals surface area (Å²) >= 11 is 15.4. The average Bonchev–Trinajstić information content (AvgIpc) is 3.19. The van der Waals surface area contributed by atoms with Crippen LogP contribution >= 0.6 is 46.3 Å². The van der Waals surface area contributed by atoms with Crippen molar-refractivity contribution in [1.29, 1.82) is 0 Å². The Bertz CT molecular complexity index is 1040. The lowest BCUT2D eigenvalue weighted by molar-refractivity contribution is 0.927. The molecule has 0 saturated heterocycles. The molecule has 126 valence electrons. The molecule has 0 spiro atoms. The van der Waals surface area contributed by atoms with Crippen molar-refractivity contribution in [1.82, 2.24) is 14.6 Å². The Hall–Kier alpha value is -1.53. The zero-order valence-corrected chi connectivity index (χ0v) is 16.4. The van der Waals surface area contributed by atoms with Gasteiger partial charge in [0.05, 0.1) is 5.69 Å². The number of fused-ring (bicyclic) bond motifs is 1. The highest BCUT2D eigenvalue weighted by molar-refractivity contribution is 7.98. The van der Waals surface area contributed by atoms with Gasteiger partial charge in [0.15, 0.2) is 5.16 Å². The molecule has 0 aliphatic heterocycles. The molecule has 0 N–H and O–H groups in total. The summed E-state index contributed by atoms with van der Waals surface area (Å²) in [5, 5.41) is 13.2. The van der Waals surface area contributed by atoms with E-state index in [0.717, 1.165) is 42.7 Å². The Morgan fingerprint density at radius 1 is 1.08 bits per heavy atom. The SMILES string of the molecule is Cc1cc(-c2csc3nnc(SCc4ccc(Cl)cc4)n23)ccc1Cl. The maximum absolute atomic E-state index is 6.16. The average molecular weight is 406 g/mol. The number of halogens is 2. The van der Waals surface area contributed by atoms with Crippen LogP contribution in [0, 0.1) is 6.92 Å². The van der Waals surface area contributed by atoms with Crippen LogP contribution in [-0.4, -0.2) is 14.6 Å². The van der Waals surface area contributed by atoms with E-state index in [1.54, 1.807) is 23.1 Å². The minimum atomic E-state index is 0.747. The number of benzene rings is 2. The van der Waals surface area contributed by atoms with E-state index in [2.05, 4.69) is 26.0 Å². The molecule has 4 aromatic rings. The quantitative estimate of drug-likeness (QED) is 0.369. The van der Waals surface area contributed by atoms with Crippen molar-refractivity contribution in [2.45, 2.75) is 17.8 Å². The van der Waals surface area contributed by atoms with Crippen molar-refractivity contribution in [3.8, 4) is 11.3 Å². The van der Waals surface area contributed by atoms with Crippen LogP contribution in [0.25, 0.3) is 16.2 Å². The van der Waals surface area contributed by atoms with Crippen molar-refractivity contribution in [2.24, 2.45) is 0 Å². The van der Waals surface area contributed by atoms with E-state index in [-0.39, 0.29) is 0 Å². The monoisotopic (exact) mass is 405 g/mol. The molecule has 2 aromatic carbocycles. The lowest BCUT2D eigenvalue weighted by Crippen LogP contribution is -1.91. The van der Waals surface area contributed by atoms with Gasteiger partial charge in [-0.25, -0.2) is 0 Å². The van der Waals surface area contributed by atoms with Crippen LogP contribution in [0.5, 0.6) is 0 Å². The van der Waals surface area contributed by atoms with Crippen LogP contribution in [0.4, 0.5) is 0 Å². The summed E-state index contributed by atoms with van der Waals surface area (Å²) in [5.41, 5.74) is 4.46. The summed E-state index contributed by atoms with van der Waals surface area (Å²) in [6.45, 7) is 2.01. The van der Waals surface area contributed by atoms with E-state index in [1.807, 2.05) is 43.3 Å². The third-order valence-electron chi connectivity index (χ3n) is 3.86. The second-order valence-electron chi connectivity index (χ2n) is 5.60. The first-order chi connectivity index (χ1) is 12.1. The highest BCUT2D eigenvalue weighted by atomic mass is 35.5. The molecular formula is C18H13Cl2N3S2. The normalized spacial score (nSPS) is 11.3. The Kier molecular flexibility index (Phi) is 4.73. The highest BCUT2D eigenvalue weighted by Crippen LogP contribution is 2.32. The van der Waals surface area contributed by atoms with Gasteiger partial charge >= 0.3 is 0 Å². The molecule has 25 heavy (non-hydrogen) atoms. The Labute approximate surface area is 163 Å². The highest BCUT2D eigenvalue weighted by Gasteiger charge is 2.14. The van der Waals surface area contributed by atoms with E-state index in [9.17, 15) is 0 Å². The molecule has 0 bridgehead atoms. The van der Waals surface area contributed by atoms with Gasteiger partial charge in [0, 0.05) is 21.2 Å². The van der Waals surface area contributed by atoms with E-state index in [0.29, 0.717) is 0 Å². The standard InChI is InChI=1S/C18H13Cl2N3S2/c1-11-8-13(4-7-15(11)20)16-10-25-18-22-21-17(23(16)18)24-9-12-2-5-14(19)6-3-12/h2-8,10H,9H2,1H3. The minimum Gasteiger partial charge on any atom is -0.260 e. The van der Waals surface area contributed by atoms with Crippen molar-refractivity contribution < 1.29 is 0 Å². The molecule has 0 aliphatic carbocycles. The van der Waals surface area contributed by atoms with Crippen LogP contribution in [0.2, 0.25) is 10.0 Å². The Morgan fingerprint density at radius 2 is 1.88 bits per heavy atom. The molecule has 0 unspecified atom stereocenters. The predicted molar refractivity (Wildman–Crippen MR) is 107 cm³/mol. The summed E-state index contributed by atoms with van der Waals surface area (Å²) in [6, 6.07) is 13.9. The van der Waals surface area contributed by atoms with Crippen molar-refractivity contribution >= 4 is 51.3 Å². The van der Waals surface area contributed by atoms with Crippen molar-refractivity contribution in [3.05, 3.63) is 69.0 Å². The summed E-state index contributed by atoms with van der Waals surface area (Å²) in [5.74, 6) is 0.812. The fraction of sp³-hybridized carbons (Fsp3) is 0.111. The first-order valence-electron chi connectivity index (χ1n) is 7.58. The van der Waals surface area contributed by atoms with Crippen LogP contribution in [0.1, 0.15) is 11.1 Å². The van der Waals surface area contributed by atoms with Gasteiger partial charge in [0.2, 0.25) is 4.96 Å². The molecule has 4 rings (SSSR count). The topological polar surface area (TPSA) is 30.2 Å². The fourth-order valence-electron chi connectivity index (χ4n) is 2.52. The number of hydrogen-bond acceptors (Lipinski definition) is 4. The third kappa shape index (κ3) is 3.42. The molecule has 0 radical (unpaired) electrons.